The third-order valence-electron chi connectivity index (χ3n) is 0.867. The number of allylic oxidation sites excluding steroid dienone is 1. The molecule has 0 unspecified atom stereocenters. The van der Waals surface area contributed by atoms with Gasteiger partial charge in [-0.25, -0.2) is 5.84 Å². The number of nitrogens with two attached hydrogens (primary N) is 1. The van der Waals surface area contributed by atoms with E-state index in [1.165, 1.54) is 6.08 Å². The van der Waals surface area contributed by atoms with Crippen LogP contribution in [0.1, 0.15) is 19.8 Å². The van der Waals surface area contributed by atoms with E-state index in [1.807, 2.05) is 12.3 Å². The molecule has 0 aromatic heterocycles. The van der Waals surface area contributed by atoms with Crippen LogP contribution < -0.4 is 11.3 Å². The lowest BCUT2D eigenvalue weighted by atomic mass is 10.3. The summed E-state index contributed by atoms with van der Waals surface area (Å²) in [7, 11) is 0. The molecule has 3 N–H and O–H groups in total. The van der Waals surface area contributed by atoms with E-state index in [1.54, 1.807) is 6.08 Å². The normalized spacial score (nSPS) is 10.0. The van der Waals surface area contributed by atoms with Gasteiger partial charge in [0.2, 0.25) is 0 Å². The minimum atomic E-state index is -0.247. The van der Waals surface area contributed by atoms with E-state index >= 15 is 0 Å². The van der Waals surface area contributed by atoms with Gasteiger partial charge in [0, 0.05) is 6.08 Å². The second kappa shape index (κ2) is 5.31. The molecule has 0 aliphatic heterocycles. The molecule has 0 saturated carbocycles. The predicted octanol–water partition coefficient (Wildman–Crippen LogP) is 0.333. The van der Waals surface area contributed by atoms with Gasteiger partial charge in [0.1, 0.15) is 0 Å². The first-order chi connectivity index (χ1) is 4.31. The SMILES string of the molecule is CCC/C=C/C(=O)NN. The lowest BCUT2D eigenvalue weighted by molar-refractivity contribution is -0.116. The molecule has 0 aromatic carbocycles. The Balaban J connectivity index is 3.32. The molecule has 0 saturated heterocycles. The first-order valence-electron chi connectivity index (χ1n) is 2.98. The monoisotopic (exact) mass is 128 g/mol. The first kappa shape index (κ1) is 8.17. The Bertz CT molecular complexity index is 110. The zero-order valence-electron chi connectivity index (χ0n) is 5.55. The van der Waals surface area contributed by atoms with Gasteiger partial charge in [-0.1, -0.05) is 19.4 Å². The maximum Gasteiger partial charge on any atom is 0.257 e. The lowest BCUT2D eigenvalue weighted by Crippen LogP contribution is -2.27. The molecule has 0 rings (SSSR count). The van der Waals surface area contributed by atoms with E-state index in [9.17, 15) is 4.79 Å². The van der Waals surface area contributed by atoms with E-state index in [2.05, 4.69) is 0 Å². The van der Waals surface area contributed by atoms with E-state index < -0.39 is 0 Å². The van der Waals surface area contributed by atoms with Gasteiger partial charge in [-0.2, -0.15) is 0 Å². The standard InChI is InChI=1S/C6H12N2O/c1-2-3-4-5-6(9)8-7/h4-5H,2-3,7H2,1H3,(H,8,9)/b5-4+. The zero-order valence-corrected chi connectivity index (χ0v) is 5.55. The van der Waals surface area contributed by atoms with Crippen molar-refractivity contribution in [3.8, 4) is 0 Å². The number of unbranched alkanes of at least 4 members (excludes halogenated alkanes) is 1. The number of carbonyl (C=O) groups is 1. The maximum absolute atomic E-state index is 10.4. The number of hydrogen-bond acceptors (Lipinski definition) is 2. The topological polar surface area (TPSA) is 55.1 Å². The van der Waals surface area contributed by atoms with Crippen molar-refractivity contribution in [3.05, 3.63) is 12.2 Å². The van der Waals surface area contributed by atoms with Crippen LogP contribution in [0.25, 0.3) is 0 Å². The summed E-state index contributed by atoms with van der Waals surface area (Å²) in [5.74, 6) is 4.56. The molecule has 0 fully saturated rings. The molecular weight excluding hydrogens is 116 g/mol. The molecular formula is C6H12N2O. The van der Waals surface area contributed by atoms with Gasteiger partial charge in [-0.05, 0) is 6.42 Å². The summed E-state index contributed by atoms with van der Waals surface area (Å²) in [6.45, 7) is 2.05. The van der Waals surface area contributed by atoms with E-state index in [4.69, 9.17) is 5.84 Å². The van der Waals surface area contributed by atoms with Crippen molar-refractivity contribution in [1.29, 1.82) is 0 Å². The van der Waals surface area contributed by atoms with Crippen LogP contribution in [0.4, 0.5) is 0 Å². The van der Waals surface area contributed by atoms with Crippen molar-refractivity contribution in [2.75, 3.05) is 0 Å². The maximum atomic E-state index is 10.4. The van der Waals surface area contributed by atoms with E-state index in [0.29, 0.717) is 0 Å². The van der Waals surface area contributed by atoms with Crippen LogP contribution in [0.3, 0.4) is 0 Å². The molecule has 3 nitrogen and oxygen atoms in total. The van der Waals surface area contributed by atoms with Gasteiger partial charge in [0.05, 0.1) is 0 Å². The van der Waals surface area contributed by atoms with Crippen molar-refractivity contribution in [2.24, 2.45) is 5.84 Å². The highest BCUT2D eigenvalue weighted by atomic mass is 16.2. The van der Waals surface area contributed by atoms with E-state index in [0.717, 1.165) is 12.8 Å². The summed E-state index contributed by atoms with van der Waals surface area (Å²) in [6, 6.07) is 0. The Morgan fingerprint density at radius 1 is 1.78 bits per heavy atom. The predicted molar refractivity (Wildman–Crippen MR) is 36.4 cm³/mol. The van der Waals surface area contributed by atoms with Crippen LogP contribution in [-0.4, -0.2) is 5.91 Å². The van der Waals surface area contributed by atoms with Crippen LogP contribution in [-0.2, 0) is 4.79 Å². The van der Waals surface area contributed by atoms with Gasteiger partial charge in [0.15, 0.2) is 0 Å². The van der Waals surface area contributed by atoms with Crippen molar-refractivity contribution < 1.29 is 4.79 Å². The Labute approximate surface area is 54.9 Å². The fourth-order valence-corrected chi connectivity index (χ4v) is 0.405. The molecule has 0 aromatic rings. The number of hydrazine groups is 1. The van der Waals surface area contributed by atoms with Crippen LogP contribution in [0.5, 0.6) is 0 Å². The summed E-state index contributed by atoms with van der Waals surface area (Å²) in [5, 5.41) is 0. The second-order valence-corrected chi connectivity index (χ2v) is 1.70. The molecule has 52 valence electrons. The fraction of sp³-hybridized carbons (Fsp3) is 0.500. The number of nitrogens with one attached hydrogen (secondary N) is 1. The fourth-order valence-electron chi connectivity index (χ4n) is 0.405. The molecule has 0 bridgehead atoms. The first-order valence-corrected chi connectivity index (χ1v) is 2.98. The van der Waals surface area contributed by atoms with Gasteiger partial charge in [0.25, 0.3) is 5.91 Å². The smallest absolute Gasteiger partial charge is 0.257 e. The second-order valence-electron chi connectivity index (χ2n) is 1.70. The van der Waals surface area contributed by atoms with Gasteiger partial charge in [-0.15, -0.1) is 0 Å². The summed E-state index contributed by atoms with van der Waals surface area (Å²) in [4.78, 5) is 10.4. The third kappa shape index (κ3) is 5.03. The van der Waals surface area contributed by atoms with Crippen molar-refractivity contribution >= 4 is 5.91 Å². The highest BCUT2D eigenvalue weighted by Crippen LogP contribution is 1.86. The molecule has 3 heteroatoms. The van der Waals surface area contributed by atoms with Crippen molar-refractivity contribution in [3.63, 3.8) is 0 Å². The van der Waals surface area contributed by atoms with Gasteiger partial charge < -0.3 is 0 Å². The molecule has 0 aliphatic carbocycles. The Hall–Kier alpha value is -0.830. The average Bonchev–Trinajstić information content (AvgIpc) is 1.89. The molecule has 9 heavy (non-hydrogen) atoms. The highest BCUT2D eigenvalue weighted by molar-refractivity contribution is 5.86. The largest absolute Gasteiger partial charge is 0.291 e. The summed E-state index contributed by atoms with van der Waals surface area (Å²) >= 11 is 0. The van der Waals surface area contributed by atoms with Crippen LogP contribution in [0.15, 0.2) is 12.2 Å². The molecule has 0 atom stereocenters. The summed E-state index contributed by atoms with van der Waals surface area (Å²) < 4.78 is 0. The lowest BCUT2D eigenvalue weighted by Gasteiger charge is -1.87. The van der Waals surface area contributed by atoms with Gasteiger partial charge in [-0.3, -0.25) is 10.2 Å². The number of hydrogen-bond donors (Lipinski definition) is 2. The summed E-state index contributed by atoms with van der Waals surface area (Å²) in [5.41, 5.74) is 2.00. The molecule has 0 spiro atoms. The Kier molecular flexibility index (Phi) is 4.82. The van der Waals surface area contributed by atoms with Crippen molar-refractivity contribution in [2.45, 2.75) is 19.8 Å². The summed E-state index contributed by atoms with van der Waals surface area (Å²) in [6.07, 6.45) is 5.20. The average molecular weight is 128 g/mol. The van der Waals surface area contributed by atoms with Crippen LogP contribution in [0.2, 0.25) is 0 Å². The van der Waals surface area contributed by atoms with Crippen molar-refractivity contribution in [1.82, 2.24) is 5.43 Å². The minimum absolute atomic E-state index is 0.247. The number of amides is 1. The van der Waals surface area contributed by atoms with Crippen LogP contribution >= 0.6 is 0 Å². The number of carbonyl (C=O) groups excluding carboxylic acids is 1. The Morgan fingerprint density at radius 3 is 2.89 bits per heavy atom. The minimum Gasteiger partial charge on any atom is -0.291 e. The highest BCUT2D eigenvalue weighted by Gasteiger charge is 1.84. The zero-order chi connectivity index (χ0) is 7.11. The van der Waals surface area contributed by atoms with Crippen LogP contribution in [0, 0.1) is 0 Å². The quantitative estimate of drug-likeness (QED) is 0.249. The molecule has 1 amide bonds. The van der Waals surface area contributed by atoms with Gasteiger partial charge >= 0.3 is 0 Å². The molecule has 0 aliphatic rings. The van der Waals surface area contributed by atoms with E-state index in [-0.39, 0.29) is 5.91 Å². The number of rotatable bonds is 3. The third-order valence-corrected chi connectivity index (χ3v) is 0.867. The Morgan fingerprint density at radius 2 is 2.44 bits per heavy atom. The molecule has 0 radical (unpaired) electrons. The molecule has 0 heterocycles.